The zero-order valence-corrected chi connectivity index (χ0v) is 80.9. The molecule has 0 bridgehead atoms. The van der Waals surface area contributed by atoms with Gasteiger partial charge in [0, 0.05) is 73.7 Å². The van der Waals surface area contributed by atoms with Gasteiger partial charge in [-0.15, -0.1) is 0 Å². The van der Waals surface area contributed by atoms with Crippen LogP contribution in [-0.4, -0.2) is 41.6 Å². The van der Waals surface area contributed by atoms with Crippen molar-refractivity contribution in [2.24, 2.45) is 47.3 Å². The summed E-state index contributed by atoms with van der Waals surface area (Å²) in [5.41, 5.74) is 25.5. The summed E-state index contributed by atoms with van der Waals surface area (Å²) in [6.45, 7) is 28.7. The highest BCUT2D eigenvalue weighted by Gasteiger charge is 2.43. The molecule has 7 aromatic carbocycles. The molecule has 0 saturated heterocycles. The fourth-order valence-electron chi connectivity index (χ4n) is 23.9. The molecule has 0 unspecified atom stereocenters. The first-order chi connectivity index (χ1) is 59.3. The highest BCUT2D eigenvalue weighted by atomic mass is 15.2. The molecule has 8 fully saturated rings. The number of fused-ring (bicyclic) bond motifs is 10. The molecule has 4 nitrogen and oxygen atoms in total. The first-order valence-electron chi connectivity index (χ1n) is 52.0. The molecule has 0 radical (unpaired) electrons. The van der Waals surface area contributed by atoms with Gasteiger partial charge in [-0.1, -0.05) is 451 Å². The minimum atomic E-state index is 0.320. The van der Waals surface area contributed by atoms with E-state index in [1.54, 1.807) is 125 Å². The zero-order chi connectivity index (χ0) is 86.0. The van der Waals surface area contributed by atoms with Crippen LogP contribution in [0.3, 0.4) is 0 Å². The molecule has 0 spiro atoms. The van der Waals surface area contributed by atoms with Crippen molar-refractivity contribution in [3.63, 3.8) is 0 Å². The van der Waals surface area contributed by atoms with Gasteiger partial charge in [0.05, 0.1) is 0 Å². The van der Waals surface area contributed by atoms with Gasteiger partial charge >= 0.3 is 0 Å². The maximum Gasteiger partial charge on any atom is 0.252 e. The van der Waals surface area contributed by atoms with Gasteiger partial charge < -0.3 is 19.6 Å². The van der Waals surface area contributed by atoms with Crippen molar-refractivity contribution >= 4 is 91.7 Å². The van der Waals surface area contributed by atoms with Gasteiger partial charge in [0.15, 0.2) is 0 Å². The highest BCUT2D eigenvalue weighted by Crippen LogP contribution is 2.44. The third-order valence-electron chi connectivity index (χ3n) is 29.8. The fraction of sp³-hybridized carbons (Fsp3) is 0.632. The van der Waals surface area contributed by atoms with Crippen LogP contribution >= 0.6 is 0 Å². The van der Waals surface area contributed by atoms with Crippen LogP contribution in [0, 0.1) is 47.3 Å². The molecule has 7 aromatic rings. The SMILES string of the molecule is C1CCC(C2CCCCC2)CC1.C1CCC(C2CCCCC2)CC1.C1CCC(C2CCCCC2)CC1.C1CCC(C2CCCCC2)CC1.CC.CC.CC.CC.CC.CC.CC.CN1c2ccccc2B2c3cc4c(cc3N(C)c3cccc1c32)CCC4.CN1c2ccccc2B2c3ccccc3N(C)c3cccc1c32.c1ccc2c(c1)CCC2. The molecule has 14 aliphatic rings. The van der Waals surface area contributed by atoms with E-state index in [4.69, 9.17) is 0 Å². The summed E-state index contributed by atoms with van der Waals surface area (Å²) >= 11 is 0. The standard InChI is InChI=1S/C23H21BN2.C20H17BN2.4C12H22.C9H10.7C2H6/c1-25-19-10-4-3-9-17(19)24-18-13-15-7-5-8-16(15)14-22(18)26(2)21-12-6-11-20(25)23(21)24;1-22-16-10-5-3-8-14(16)21-15-9-4-6-11-17(15)23(2)19-13-7-12-18(22)20(19)21;4*1-3-7-11(8-4-1)12-9-5-2-6-10-12;1-2-5-9-7-3-6-8(9)4-1;7*1-2/h3-4,6,9-14H,5,7-8H2,1-2H3;3-13H,1-2H3;4*11-12H,1-10H2;1-2,4-5H,3,6-7H2;7*1-2H3. The largest absolute Gasteiger partial charge is 0.345 e. The van der Waals surface area contributed by atoms with Crippen LogP contribution in [0.15, 0.2) is 146 Å². The Morgan fingerprint density at radius 2 is 0.375 bits per heavy atom. The molecule has 4 heterocycles. The molecule has 0 N–H and O–H groups in total. The van der Waals surface area contributed by atoms with Gasteiger partial charge in [-0.2, -0.15) is 0 Å². The maximum absolute atomic E-state index is 2.51. The van der Waals surface area contributed by atoms with Crippen molar-refractivity contribution in [3.8, 4) is 0 Å². The van der Waals surface area contributed by atoms with Gasteiger partial charge in [0.1, 0.15) is 0 Å². The van der Waals surface area contributed by atoms with Crippen LogP contribution in [0.5, 0.6) is 0 Å². The minimum absolute atomic E-state index is 0.320. The molecule has 4 aliphatic heterocycles. The topological polar surface area (TPSA) is 13.0 Å². The van der Waals surface area contributed by atoms with E-state index in [2.05, 4.69) is 193 Å². The molecule has 0 aromatic heterocycles. The van der Waals surface area contributed by atoms with Crippen molar-refractivity contribution < 1.29 is 0 Å². The van der Waals surface area contributed by atoms with Crippen LogP contribution in [0.2, 0.25) is 0 Å². The lowest BCUT2D eigenvalue weighted by Crippen LogP contribution is -2.61. The van der Waals surface area contributed by atoms with Gasteiger partial charge in [-0.05, 0) is 189 Å². The average molecular weight is 1630 g/mol. The van der Waals surface area contributed by atoms with Crippen LogP contribution in [0.4, 0.5) is 45.5 Å². The van der Waals surface area contributed by atoms with Crippen LogP contribution in [0.25, 0.3) is 0 Å². The maximum atomic E-state index is 2.51. The summed E-state index contributed by atoms with van der Waals surface area (Å²) in [5.74, 6) is 9.10. The van der Waals surface area contributed by atoms with Gasteiger partial charge in [-0.3, -0.25) is 0 Å². The Balaban J connectivity index is 0.000000175. The summed E-state index contributed by atoms with van der Waals surface area (Å²) in [6.07, 6.45) is 69.3. The normalized spacial score (nSPS) is 19.4. The molecule has 660 valence electrons. The lowest BCUT2D eigenvalue weighted by molar-refractivity contribution is 0.196. The Morgan fingerprint density at radius 3 is 0.625 bits per heavy atom. The quantitative estimate of drug-likeness (QED) is 0.163. The van der Waals surface area contributed by atoms with Gasteiger partial charge in [0.25, 0.3) is 13.4 Å². The molecule has 10 aliphatic carbocycles. The van der Waals surface area contributed by atoms with Crippen molar-refractivity contribution in [1.82, 2.24) is 0 Å². The Hall–Kier alpha value is -6.13. The third kappa shape index (κ3) is 26.0. The summed E-state index contributed by atoms with van der Waals surface area (Å²) in [5, 5.41) is 0. The van der Waals surface area contributed by atoms with E-state index in [0.717, 1.165) is 47.3 Å². The first-order valence-corrected chi connectivity index (χ1v) is 52.0. The van der Waals surface area contributed by atoms with E-state index < -0.39 is 0 Å². The van der Waals surface area contributed by atoms with E-state index in [9.17, 15) is 0 Å². The number of anilines is 8. The van der Waals surface area contributed by atoms with Gasteiger partial charge in [-0.25, -0.2) is 0 Å². The number of aryl methyl sites for hydroxylation is 4. The van der Waals surface area contributed by atoms with E-state index in [1.165, 1.54) is 271 Å². The van der Waals surface area contributed by atoms with Crippen molar-refractivity contribution in [2.75, 3.05) is 47.8 Å². The second kappa shape index (κ2) is 55.3. The van der Waals surface area contributed by atoms with Crippen molar-refractivity contribution in [1.29, 1.82) is 0 Å². The number of para-hydroxylation sites is 3. The van der Waals surface area contributed by atoms with Crippen molar-refractivity contribution in [2.45, 2.75) is 392 Å². The smallest absolute Gasteiger partial charge is 0.252 e. The Kier molecular flexibility index (Phi) is 45.7. The monoisotopic (exact) mass is 1630 g/mol. The Labute approximate surface area is 742 Å². The molecule has 0 amide bonds. The second-order valence-corrected chi connectivity index (χ2v) is 36.0. The summed E-state index contributed by atoms with van der Waals surface area (Å²) in [7, 11) is 8.77. The lowest BCUT2D eigenvalue weighted by atomic mass is 9.33. The van der Waals surface area contributed by atoms with Crippen LogP contribution in [0.1, 0.15) is 389 Å². The average Bonchev–Trinajstić information content (AvgIpc) is 0.874. The number of hydrogen-bond donors (Lipinski definition) is 0. The molecular weight excluding hydrogens is 1450 g/mol. The number of benzene rings is 7. The summed E-state index contributed by atoms with van der Waals surface area (Å²) < 4.78 is 0. The molecule has 120 heavy (non-hydrogen) atoms. The molecular formula is C114H178B2N4. The Morgan fingerprint density at radius 1 is 0.183 bits per heavy atom. The van der Waals surface area contributed by atoms with Crippen LogP contribution in [-0.2, 0) is 25.7 Å². The Bertz CT molecular complexity index is 3610. The summed E-state index contributed by atoms with van der Waals surface area (Å²) in [4.78, 5) is 9.42. The third-order valence-corrected chi connectivity index (χ3v) is 29.8. The highest BCUT2D eigenvalue weighted by molar-refractivity contribution is 7.01. The van der Waals surface area contributed by atoms with Crippen molar-refractivity contribution in [3.05, 3.63) is 168 Å². The van der Waals surface area contributed by atoms with E-state index in [-0.39, 0.29) is 0 Å². The molecule has 8 saturated carbocycles. The molecule has 0 atom stereocenters. The number of hydrogen-bond acceptors (Lipinski definition) is 4. The van der Waals surface area contributed by atoms with Gasteiger partial charge in [0.2, 0.25) is 0 Å². The first kappa shape index (κ1) is 99.3. The van der Waals surface area contributed by atoms with E-state index in [0.29, 0.717) is 13.4 Å². The predicted molar refractivity (Wildman–Crippen MR) is 543 cm³/mol. The van der Waals surface area contributed by atoms with E-state index >= 15 is 0 Å². The minimum Gasteiger partial charge on any atom is -0.345 e. The molecule has 6 heteroatoms. The number of nitrogens with zero attached hydrogens (tertiary/aromatic N) is 4. The van der Waals surface area contributed by atoms with E-state index in [1.807, 2.05) is 96.9 Å². The zero-order valence-electron chi connectivity index (χ0n) is 80.9. The summed E-state index contributed by atoms with van der Waals surface area (Å²) in [6, 6.07) is 53.6. The fourth-order valence-corrected chi connectivity index (χ4v) is 23.9. The number of rotatable bonds is 4. The van der Waals surface area contributed by atoms with Crippen LogP contribution < -0.4 is 52.4 Å². The lowest BCUT2D eigenvalue weighted by Gasteiger charge is -2.42. The predicted octanol–water partition coefficient (Wildman–Crippen LogP) is 31.2. The second-order valence-electron chi connectivity index (χ2n) is 36.0. The molecule has 21 rings (SSSR count).